The summed E-state index contributed by atoms with van der Waals surface area (Å²) in [6.45, 7) is 7.72. The molecule has 1 heterocycles. The van der Waals surface area contributed by atoms with Gasteiger partial charge in [0.1, 0.15) is 5.75 Å². The zero-order chi connectivity index (χ0) is 16.9. The van der Waals surface area contributed by atoms with Crippen molar-refractivity contribution in [1.29, 1.82) is 0 Å². The molecule has 2 heteroatoms. The molecule has 2 unspecified atom stereocenters. The summed E-state index contributed by atoms with van der Waals surface area (Å²) in [6.07, 6.45) is 3.53. The Bertz CT molecular complexity index is 679. The van der Waals surface area contributed by atoms with Crippen LogP contribution in [0.25, 0.3) is 5.57 Å². The number of nitrogens with zero attached hydrogens (tertiary/aromatic N) is 1. The Kier molecular flexibility index (Phi) is 5.37. The summed E-state index contributed by atoms with van der Waals surface area (Å²) >= 11 is 0. The Morgan fingerprint density at radius 1 is 1.12 bits per heavy atom. The van der Waals surface area contributed by atoms with E-state index >= 15 is 0 Å². The van der Waals surface area contributed by atoms with E-state index in [4.69, 9.17) is 4.74 Å². The van der Waals surface area contributed by atoms with Crippen molar-refractivity contribution in [2.24, 2.45) is 0 Å². The molecule has 1 fully saturated rings. The predicted molar refractivity (Wildman–Crippen MR) is 101 cm³/mol. The summed E-state index contributed by atoms with van der Waals surface area (Å²) in [4.78, 5) is 2.64. The van der Waals surface area contributed by atoms with Crippen LogP contribution in [0.3, 0.4) is 0 Å². The molecule has 0 aliphatic carbocycles. The summed E-state index contributed by atoms with van der Waals surface area (Å²) in [6, 6.07) is 20.2. The van der Waals surface area contributed by atoms with Gasteiger partial charge in [-0.05, 0) is 55.0 Å². The van der Waals surface area contributed by atoms with Crippen LogP contribution in [-0.2, 0) is 6.54 Å². The standard InChI is InChI=1S/C22H27NO/c1-17(20-10-7-11-22(15-20)24-3)14-21-13-12-18(2)23(21)16-19-8-5-4-6-9-19/h4-11,15,18,21H,1,12-14,16H2,2-3H3. The monoisotopic (exact) mass is 321 g/mol. The zero-order valence-electron chi connectivity index (χ0n) is 14.7. The molecule has 2 aromatic rings. The number of hydrogen-bond donors (Lipinski definition) is 0. The minimum Gasteiger partial charge on any atom is -0.497 e. The lowest BCUT2D eigenvalue weighted by molar-refractivity contribution is 0.196. The highest BCUT2D eigenvalue weighted by molar-refractivity contribution is 5.65. The van der Waals surface area contributed by atoms with Gasteiger partial charge < -0.3 is 4.74 Å². The van der Waals surface area contributed by atoms with Crippen molar-refractivity contribution in [2.75, 3.05) is 7.11 Å². The van der Waals surface area contributed by atoms with Gasteiger partial charge in [-0.2, -0.15) is 0 Å². The second kappa shape index (κ2) is 7.67. The lowest BCUT2D eigenvalue weighted by Gasteiger charge is -2.29. The summed E-state index contributed by atoms with van der Waals surface area (Å²) < 4.78 is 5.34. The van der Waals surface area contributed by atoms with E-state index in [1.165, 1.54) is 29.5 Å². The largest absolute Gasteiger partial charge is 0.497 e. The number of likely N-dealkylation sites (tertiary alicyclic amines) is 1. The highest BCUT2D eigenvalue weighted by Crippen LogP contribution is 2.32. The minimum absolute atomic E-state index is 0.568. The molecule has 0 spiro atoms. The number of methoxy groups -OCH3 is 1. The molecule has 0 N–H and O–H groups in total. The van der Waals surface area contributed by atoms with Crippen molar-refractivity contribution in [3.8, 4) is 5.75 Å². The van der Waals surface area contributed by atoms with Crippen LogP contribution in [0.4, 0.5) is 0 Å². The summed E-state index contributed by atoms with van der Waals surface area (Å²) in [5.41, 5.74) is 3.78. The highest BCUT2D eigenvalue weighted by atomic mass is 16.5. The second-order valence-corrected chi connectivity index (χ2v) is 6.78. The van der Waals surface area contributed by atoms with Gasteiger partial charge in [0.25, 0.3) is 0 Å². The Hall–Kier alpha value is -2.06. The normalized spacial score (nSPS) is 20.9. The zero-order valence-corrected chi connectivity index (χ0v) is 14.7. The molecule has 24 heavy (non-hydrogen) atoms. The van der Waals surface area contributed by atoms with E-state index in [0.29, 0.717) is 12.1 Å². The summed E-state index contributed by atoms with van der Waals surface area (Å²) in [5, 5.41) is 0. The van der Waals surface area contributed by atoms with Crippen molar-refractivity contribution in [3.63, 3.8) is 0 Å². The van der Waals surface area contributed by atoms with Crippen molar-refractivity contribution >= 4 is 5.57 Å². The molecule has 0 saturated carbocycles. The maximum atomic E-state index is 5.34. The number of hydrogen-bond acceptors (Lipinski definition) is 2. The predicted octanol–water partition coefficient (Wildman–Crippen LogP) is 5.15. The maximum Gasteiger partial charge on any atom is 0.119 e. The van der Waals surface area contributed by atoms with Crippen LogP contribution in [0.15, 0.2) is 61.2 Å². The van der Waals surface area contributed by atoms with Crippen molar-refractivity contribution in [2.45, 2.75) is 44.8 Å². The molecule has 3 rings (SSSR count). The molecular weight excluding hydrogens is 294 g/mol. The molecule has 0 bridgehead atoms. The van der Waals surface area contributed by atoms with Crippen LogP contribution in [0.2, 0.25) is 0 Å². The molecule has 1 aliphatic heterocycles. The third-order valence-corrected chi connectivity index (χ3v) is 5.12. The highest BCUT2D eigenvalue weighted by Gasteiger charge is 2.30. The average Bonchev–Trinajstić information content (AvgIpc) is 2.96. The van der Waals surface area contributed by atoms with Gasteiger partial charge in [0.15, 0.2) is 0 Å². The van der Waals surface area contributed by atoms with Crippen molar-refractivity contribution < 1.29 is 4.74 Å². The molecule has 126 valence electrons. The fraction of sp³-hybridized carbons (Fsp3) is 0.364. The molecule has 2 atom stereocenters. The number of benzene rings is 2. The van der Waals surface area contributed by atoms with Gasteiger partial charge in [-0.1, -0.05) is 49.0 Å². The van der Waals surface area contributed by atoms with Gasteiger partial charge >= 0.3 is 0 Å². The van der Waals surface area contributed by atoms with E-state index in [2.05, 4.69) is 60.9 Å². The molecule has 1 saturated heterocycles. The lowest BCUT2D eigenvalue weighted by Crippen LogP contribution is -2.34. The Morgan fingerprint density at radius 3 is 2.67 bits per heavy atom. The van der Waals surface area contributed by atoms with Crippen LogP contribution in [0, 0.1) is 0 Å². The fourth-order valence-electron chi connectivity index (χ4n) is 3.67. The summed E-state index contributed by atoms with van der Waals surface area (Å²) in [5.74, 6) is 0.898. The van der Waals surface area contributed by atoms with Crippen molar-refractivity contribution in [3.05, 3.63) is 72.3 Å². The molecule has 2 aromatic carbocycles. The molecule has 1 aliphatic rings. The van der Waals surface area contributed by atoms with E-state index in [1.807, 2.05) is 12.1 Å². The molecular formula is C22H27NO. The SMILES string of the molecule is C=C(CC1CCC(C)N1Cc1ccccc1)c1cccc(OC)c1. The van der Waals surface area contributed by atoms with Crippen molar-refractivity contribution in [1.82, 2.24) is 4.90 Å². The molecule has 0 aromatic heterocycles. The third-order valence-electron chi connectivity index (χ3n) is 5.12. The van der Waals surface area contributed by atoms with Crippen LogP contribution in [0.5, 0.6) is 5.75 Å². The smallest absolute Gasteiger partial charge is 0.119 e. The second-order valence-electron chi connectivity index (χ2n) is 6.78. The quantitative estimate of drug-likeness (QED) is 0.729. The Balaban J connectivity index is 1.69. The van der Waals surface area contributed by atoms with E-state index < -0.39 is 0 Å². The molecule has 2 nitrogen and oxygen atoms in total. The maximum absolute atomic E-state index is 5.34. The van der Waals surface area contributed by atoms with E-state index in [0.717, 1.165) is 18.7 Å². The van der Waals surface area contributed by atoms with Gasteiger partial charge in [0, 0.05) is 18.6 Å². The molecule has 0 amide bonds. The lowest BCUT2D eigenvalue weighted by atomic mass is 9.98. The molecule has 0 radical (unpaired) electrons. The van der Waals surface area contributed by atoms with Crippen LogP contribution >= 0.6 is 0 Å². The van der Waals surface area contributed by atoms with E-state index in [9.17, 15) is 0 Å². The van der Waals surface area contributed by atoms with E-state index in [-0.39, 0.29) is 0 Å². The van der Waals surface area contributed by atoms with Gasteiger partial charge in [-0.25, -0.2) is 0 Å². The number of rotatable bonds is 6. The van der Waals surface area contributed by atoms with Gasteiger partial charge in [-0.15, -0.1) is 0 Å². The van der Waals surface area contributed by atoms with Crippen LogP contribution < -0.4 is 4.74 Å². The van der Waals surface area contributed by atoms with Gasteiger partial charge in [0.05, 0.1) is 7.11 Å². The fourth-order valence-corrected chi connectivity index (χ4v) is 3.67. The van der Waals surface area contributed by atoms with Crippen LogP contribution in [-0.4, -0.2) is 24.1 Å². The van der Waals surface area contributed by atoms with Gasteiger partial charge in [-0.3, -0.25) is 4.90 Å². The first-order valence-electron chi connectivity index (χ1n) is 8.79. The first-order chi connectivity index (χ1) is 11.7. The topological polar surface area (TPSA) is 12.5 Å². The minimum atomic E-state index is 0.568. The number of ether oxygens (including phenoxy) is 1. The third kappa shape index (κ3) is 3.88. The first-order valence-corrected chi connectivity index (χ1v) is 8.79. The average molecular weight is 321 g/mol. The Labute approximate surface area is 145 Å². The first kappa shape index (κ1) is 16.8. The van der Waals surface area contributed by atoms with Gasteiger partial charge in [0.2, 0.25) is 0 Å². The summed E-state index contributed by atoms with van der Waals surface area (Å²) in [7, 11) is 1.71. The van der Waals surface area contributed by atoms with E-state index in [1.54, 1.807) is 7.11 Å². The van der Waals surface area contributed by atoms with Crippen LogP contribution in [0.1, 0.15) is 37.3 Å². The Morgan fingerprint density at radius 2 is 1.92 bits per heavy atom.